The van der Waals surface area contributed by atoms with Gasteiger partial charge in [-0.2, -0.15) is 5.48 Å². The second-order valence-corrected chi connectivity index (χ2v) is 3.49. The average Bonchev–Trinajstić information content (AvgIpc) is 2.08. The molecule has 1 aliphatic carbocycles. The Morgan fingerprint density at radius 3 is 2.77 bits per heavy atom. The van der Waals surface area contributed by atoms with Crippen molar-refractivity contribution in [3.05, 3.63) is 36.0 Å². The molecule has 0 aromatic carbocycles. The van der Waals surface area contributed by atoms with Crippen molar-refractivity contribution in [1.29, 1.82) is 0 Å². The third-order valence-electron chi connectivity index (χ3n) is 2.19. The summed E-state index contributed by atoms with van der Waals surface area (Å²) in [5, 5.41) is 0. The highest BCUT2D eigenvalue weighted by molar-refractivity contribution is 5.43. The molecule has 0 aliphatic heterocycles. The summed E-state index contributed by atoms with van der Waals surface area (Å²) in [5.41, 5.74) is 5.28. The maximum absolute atomic E-state index is 4.89. The van der Waals surface area contributed by atoms with Gasteiger partial charge in [0.2, 0.25) is 0 Å². The molecule has 0 aromatic heterocycles. The van der Waals surface area contributed by atoms with Crippen LogP contribution in [0.1, 0.15) is 13.8 Å². The molecular weight excluding hydrogens is 162 g/mol. The average molecular weight is 179 g/mol. The second-order valence-electron chi connectivity index (χ2n) is 3.49. The predicted octanol–water partition coefficient (Wildman–Crippen LogP) is 2.21. The van der Waals surface area contributed by atoms with E-state index in [1.807, 2.05) is 12.2 Å². The fraction of sp³-hybridized carbons (Fsp3) is 0.455. The van der Waals surface area contributed by atoms with Crippen molar-refractivity contribution in [2.24, 2.45) is 5.92 Å². The first-order valence-electron chi connectivity index (χ1n) is 4.53. The Morgan fingerprint density at radius 2 is 2.23 bits per heavy atom. The maximum atomic E-state index is 4.89. The normalized spacial score (nSPS) is 22.3. The molecule has 1 N–H and O–H groups in total. The van der Waals surface area contributed by atoms with E-state index < -0.39 is 0 Å². The summed E-state index contributed by atoms with van der Waals surface area (Å²) in [7, 11) is 1.62. The van der Waals surface area contributed by atoms with Gasteiger partial charge in [-0.15, -0.1) is 0 Å². The van der Waals surface area contributed by atoms with Gasteiger partial charge in [0, 0.05) is 0 Å². The zero-order chi connectivity index (χ0) is 9.84. The molecule has 1 rings (SSSR count). The topological polar surface area (TPSA) is 21.3 Å². The lowest BCUT2D eigenvalue weighted by atomic mass is 9.88. The Balaban J connectivity index is 2.74. The molecule has 0 heterocycles. The minimum atomic E-state index is 0.118. The van der Waals surface area contributed by atoms with Gasteiger partial charge in [-0.1, -0.05) is 38.7 Å². The van der Waals surface area contributed by atoms with Crippen molar-refractivity contribution in [3.63, 3.8) is 0 Å². The smallest absolute Gasteiger partial charge is 0.0752 e. The van der Waals surface area contributed by atoms with Gasteiger partial charge in [0.25, 0.3) is 0 Å². The van der Waals surface area contributed by atoms with Crippen molar-refractivity contribution in [2.45, 2.75) is 19.9 Å². The summed E-state index contributed by atoms with van der Waals surface area (Å²) in [4.78, 5) is 4.89. The summed E-state index contributed by atoms with van der Waals surface area (Å²) in [6, 6.07) is 0.118. The van der Waals surface area contributed by atoms with Crippen LogP contribution in [0.15, 0.2) is 36.0 Å². The van der Waals surface area contributed by atoms with Crippen LogP contribution in [0.2, 0.25) is 0 Å². The first-order chi connectivity index (χ1) is 6.16. The Hall–Kier alpha value is -0.860. The first kappa shape index (κ1) is 10.2. The molecule has 13 heavy (non-hydrogen) atoms. The summed E-state index contributed by atoms with van der Waals surface area (Å²) >= 11 is 0. The van der Waals surface area contributed by atoms with E-state index in [9.17, 15) is 0 Å². The van der Waals surface area contributed by atoms with Crippen molar-refractivity contribution in [3.8, 4) is 0 Å². The Kier molecular flexibility index (Phi) is 3.46. The van der Waals surface area contributed by atoms with Crippen LogP contribution in [0.25, 0.3) is 0 Å². The summed E-state index contributed by atoms with van der Waals surface area (Å²) in [5.74, 6) is 0.513. The van der Waals surface area contributed by atoms with Gasteiger partial charge < -0.3 is 4.84 Å². The van der Waals surface area contributed by atoms with Gasteiger partial charge in [0.05, 0.1) is 13.2 Å². The van der Waals surface area contributed by atoms with E-state index in [0.29, 0.717) is 5.92 Å². The molecule has 0 fully saturated rings. The van der Waals surface area contributed by atoms with Crippen LogP contribution >= 0.6 is 0 Å². The summed E-state index contributed by atoms with van der Waals surface area (Å²) in [6.07, 6.45) is 6.19. The van der Waals surface area contributed by atoms with E-state index >= 15 is 0 Å². The molecule has 0 spiro atoms. The minimum Gasteiger partial charge on any atom is -0.304 e. The van der Waals surface area contributed by atoms with Crippen molar-refractivity contribution >= 4 is 0 Å². The van der Waals surface area contributed by atoms with E-state index in [-0.39, 0.29) is 6.04 Å². The first-order valence-corrected chi connectivity index (χ1v) is 4.53. The fourth-order valence-electron chi connectivity index (χ4n) is 1.47. The van der Waals surface area contributed by atoms with Crippen molar-refractivity contribution in [1.82, 2.24) is 5.48 Å². The SMILES string of the molecule is C=C1C(C(C)C)=CC=CC1NOC. The second kappa shape index (κ2) is 4.40. The molecule has 0 aromatic rings. The number of hydrogen-bond acceptors (Lipinski definition) is 2. The molecule has 2 heteroatoms. The van der Waals surface area contributed by atoms with Crippen LogP contribution in [0.4, 0.5) is 0 Å². The van der Waals surface area contributed by atoms with E-state index in [4.69, 9.17) is 4.84 Å². The lowest BCUT2D eigenvalue weighted by Gasteiger charge is -2.23. The molecule has 0 amide bonds. The van der Waals surface area contributed by atoms with E-state index in [1.165, 1.54) is 5.57 Å². The molecule has 0 radical (unpaired) electrons. The van der Waals surface area contributed by atoms with Crippen LogP contribution < -0.4 is 5.48 Å². The standard InChI is InChI=1S/C11H17NO/c1-8(2)10-6-5-7-11(9(10)3)12-13-4/h5-8,11-12H,3H2,1-2,4H3. The predicted molar refractivity (Wildman–Crippen MR) is 55.1 cm³/mol. The quantitative estimate of drug-likeness (QED) is 0.671. The van der Waals surface area contributed by atoms with Gasteiger partial charge in [-0.3, -0.25) is 0 Å². The molecule has 72 valence electrons. The third kappa shape index (κ3) is 2.29. The number of hydrogen-bond donors (Lipinski definition) is 1. The molecule has 0 bridgehead atoms. The van der Waals surface area contributed by atoms with Gasteiger partial charge >= 0.3 is 0 Å². The Morgan fingerprint density at radius 1 is 1.54 bits per heavy atom. The molecule has 1 aliphatic rings. The monoisotopic (exact) mass is 179 g/mol. The van der Waals surface area contributed by atoms with Crippen LogP contribution in [0.3, 0.4) is 0 Å². The number of rotatable bonds is 3. The van der Waals surface area contributed by atoms with E-state index in [1.54, 1.807) is 7.11 Å². The highest BCUT2D eigenvalue weighted by atomic mass is 16.6. The van der Waals surface area contributed by atoms with Crippen LogP contribution in [-0.2, 0) is 4.84 Å². The van der Waals surface area contributed by atoms with Gasteiger partial charge in [0.15, 0.2) is 0 Å². The van der Waals surface area contributed by atoms with Gasteiger partial charge in [0.1, 0.15) is 0 Å². The zero-order valence-electron chi connectivity index (χ0n) is 8.50. The lowest BCUT2D eigenvalue weighted by molar-refractivity contribution is 0.0823. The van der Waals surface area contributed by atoms with Crippen molar-refractivity contribution < 1.29 is 4.84 Å². The molecule has 1 unspecified atom stereocenters. The summed E-state index contributed by atoms with van der Waals surface area (Å²) in [6.45, 7) is 8.39. The molecule has 0 saturated heterocycles. The van der Waals surface area contributed by atoms with Crippen LogP contribution in [-0.4, -0.2) is 13.2 Å². The Labute approximate surface area is 79.9 Å². The molecular formula is C11H17NO. The number of nitrogens with one attached hydrogen (secondary N) is 1. The highest BCUT2D eigenvalue weighted by Gasteiger charge is 2.17. The molecule has 1 atom stereocenters. The molecule has 0 saturated carbocycles. The number of hydroxylamine groups is 1. The van der Waals surface area contributed by atoms with Gasteiger partial charge in [-0.05, 0) is 17.1 Å². The highest BCUT2D eigenvalue weighted by Crippen LogP contribution is 2.24. The largest absolute Gasteiger partial charge is 0.304 e. The lowest BCUT2D eigenvalue weighted by Crippen LogP contribution is -2.30. The van der Waals surface area contributed by atoms with E-state index in [2.05, 4.69) is 32.0 Å². The zero-order valence-corrected chi connectivity index (χ0v) is 8.50. The third-order valence-corrected chi connectivity index (χ3v) is 2.19. The number of allylic oxidation sites excluding steroid dienone is 2. The minimum absolute atomic E-state index is 0.118. The van der Waals surface area contributed by atoms with E-state index in [0.717, 1.165) is 5.57 Å². The van der Waals surface area contributed by atoms with Crippen LogP contribution in [0, 0.1) is 5.92 Å². The Bertz CT molecular complexity index is 251. The van der Waals surface area contributed by atoms with Crippen molar-refractivity contribution in [2.75, 3.05) is 7.11 Å². The maximum Gasteiger partial charge on any atom is 0.0752 e. The van der Waals surface area contributed by atoms with Gasteiger partial charge in [-0.25, -0.2) is 0 Å². The summed E-state index contributed by atoms with van der Waals surface area (Å²) < 4.78 is 0. The fourth-order valence-corrected chi connectivity index (χ4v) is 1.47. The molecule has 2 nitrogen and oxygen atoms in total. The van der Waals surface area contributed by atoms with Crippen LogP contribution in [0.5, 0.6) is 0 Å².